The summed E-state index contributed by atoms with van der Waals surface area (Å²) >= 11 is 3.41. The molecular formula is C15H21N3S2. The Labute approximate surface area is 128 Å². The van der Waals surface area contributed by atoms with Gasteiger partial charge in [-0.05, 0) is 49.7 Å². The summed E-state index contributed by atoms with van der Waals surface area (Å²) < 4.78 is 0. The zero-order valence-electron chi connectivity index (χ0n) is 12.1. The number of anilines is 1. The first-order chi connectivity index (χ1) is 9.67. The standard InChI is InChI=1S/C15H21N3S2/c1-3-11-5-4-6-18(11)8-13-14(17-15(16)20-13)12-7-10(2)9-19-12/h7,9,11H,3-6,8H2,1-2H3,(H2,16,17)/t11-/m1/s1. The molecule has 1 aliphatic rings. The van der Waals surface area contributed by atoms with Crippen LogP contribution in [0, 0.1) is 6.92 Å². The van der Waals surface area contributed by atoms with Gasteiger partial charge in [-0.2, -0.15) is 0 Å². The Bertz CT molecular complexity index is 588. The molecule has 1 atom stereocenters. The number of nitrogen functional groups attached to an aromatic ring is 1. The predicted molar refractivity (Wildman–Crippen MR) is 88.3 cm³/mol. The van der Waals surface area contributed by atoms with Crippen LogP contribution in [0.25, 0.3) is 10.6 Å². The van der Waals surface area contributed by atoms with Crippen LogP contribution in [-0.2, 0) is 6.54 Å². The molecule has 1 aliphatic heterocycles. The zero-order chi connectivity index (χ0) is 14.1. The molecule has 0 aromatic carbocycles. The van der Waals surface area contributed by atoms with Crippen LogP contribution in [-0.4, -0.2) is 22.5 Å². The SMILES string of the molecule is CC[C@@H]1CCCN1Cc1sc(N)nc1-c1cc(C)cs1. The van der Waals surface area contributed by atoms with E-state index in [4.69, 9.17) is 5.73 Å². The van der Waals surface area contributed by atoms with Crippen molar-refractivity contribution in [1.82, 2.24) is 9.88 Å². The third kappa shape index (κ3) is 2.75. The number of rotatable bonds is 4. The fraction of sp³-hybridized carbons (Fsp3) is 0.533. The second kappa shape index (κ2) is 5.84. The Morgan fingerprint density at radius 1 is 1.50 bits per heavy atom. The van der Waals surface area contributed by atoms with Crippen LogP contribution in [0.3, 0.4) is 0 Å². The fourth-order valence-electron chi connectivity index (χ4n) is 2.98. The molecule has 3 heterocycles. The smallest absolute Gasteiger partial charge is 0.180 e. The van der Waals surface area contributed by atoms with Crippen molar-refractivity contribution >= 4 is 27.8 Å². The van der Waals surface area contributed by atoms with Crippen LogP contribution >= 0.6 is 22.7 Å². The van der Waals surface area contributed by atoms with Crippen LogP contribution < -0.4 is 5.73 Å². The van der Waals surface area contributed by atoms with Gasteiger partial charge >= 0.3 is 0 Å². The van der Waals surface area contributed by atoms with Crippen molar-refractivity contribution in [3.05, 3.63) is 21.9 Å². The van der Waals surface area contributed by atoms with E-state index in [9.17, 15) is 0 Å². The highest BCUT2D eigenvalue weighted by molar-refractivity contribution is 7.17. The Kier molecular flexibility index (Phi) is 4.10. The molecule has 0 spiro atoms. The molecule has 108 valence electrons. The summed E-state index contributed by atoms with van der Waals surface area (Å²) in [5, 5.41) is 2.87. The highest BCUT2D eigenvalue weighted by Gasteiger charge is 2.25. The summed E-state index contributed by atoms with van der Waals surface area (Å²) in [4.78, 5) is 9.73. The van der Waals surface area contributed by atoms with Crippen molar-refractivity contribution in [2.45, 2.75) is 45.7 Å². The molecular weight excluding hydrogens is 286 g/mol. The van der Waals surface area contributed by atoms with E-state index < -0.39 is 0 Å². The van der Waals surface area contributed by atoms with Crippen LogP contribution in [0.5, 0.6) is 0 Å². The van der Waals surface area contributed by atoms with Crippen molar-refractivity contribution in [2.24, 2.45) is 0 Å². The van der Waals surface area contributed by atoms with Gasteiger partial charge in [0.1, 0.15) is 0 Å². The van der Waals surface area contributed by atoms with Crippen molar-refractivity contribution in [1.29, 1.82) is 0 Å². The quantitative estimate of drug-likeness (QED) is 0.923. The number of hydrogen-bond acceptors (Lipinski definition) is 5. The van der Waals surface area contributed by atoms with Gasteiger partial charge in [-0.25, -0.2) is 4.98 Å². The maximum atomic E-state index is 5.96. The van der Waals surface area contributed by atoms with E-state index in [1.165, 1.54) is 41.1 Å². The number of aromatic nitrogens is 1. The second-order valence-electron chi connectivity index (χ2n) is 5.49. The van der Waals surface area contributed by atoms with E-state index in [2.05, 4.69) is 35.2 Å². The molecule has 20 heavy (non-hydrogen) atoms. The van der Waals surface area contributed by atoms with Crippen molar-refractivity contribution in [3.8, 4) is 10.6 Å². The molecule has 3 nitrogen and oxygen atoms in total. The maximum Gasteiger partial charge on any atom is 0.180 e. The molecule has 0 unspecified atom stereocenters. The molecule has 0 amide bonds. The van der Waals surface area contributed by atoms with Crippen molar-refractivity contribution in [3.63, 3.8) is 0 Å². The number of thiazole rings is 1. The molecule has 1 saturated heterocycles. The summed E-state index contributed by atoms with van der Waals surface area (Å²) in [6.45, 7) is 6.62. The van der Waals surface area contributed by atoms with Crippen molar-refractivity contribution < 1.29 is 0 Å². The minimum Gasteiger partial charge on any atom is -0.375 e. The van der Waals surface area contributed by atoms with Crippen molar-refractivity contribution in [2.75, 3.05) is 12.3 Å². The third-order valence-corrected chi connectivity index (χ3v) is 5.92. The Balaban J connectivity index is 1.86. The predicted octanol–water partition coefficient (Wildman–Crippen LogP) is 4.14. The minimum absolute atomic E-state index is 0.688. The Hall–Kier alpha value is -0.910. The highest BCUT2D eigenvalue weighted by atomic mass is 32.1. The molecule has 2 N–H and O–H groups in total. The number of nitrogens with zero attached hydrogens (tertiary/aromatic N) is 2. The Morgan fingerprint density at radius 3 is 3.05 bits per heavy atom. The summed E-state index contributed by atoms with van der Waals surface area (Å²) in [5.41, 5.74) is 8.36. The van der Waals surface area contributed by atoms with Crippen LogP contribution in [0.15, 0.2) is 11.4 Å². The number of aryl methyl sites for hydroxylation is 1. The maximum absolute atomic E-state index is 5.96. The Morgan fingerprint density at radius 2 is 2.35 bits per heavy atom. The lowest BCUT2D eigenvalue weighted by Gasteiger charge is -2.22. The van der Waals surface area contributed by atoms with Gasteiger partial charge in [0.25, 0.3) is 0 Å². The fourth-order valence-corrected chi connectivity index (χ4v) is 4.83. The molecule has 0 aliphatic carbocycles. The average molecular weight is 307 g/mol. The summed E-state index contributed by atoms with van der Waals surface area (Å²) in [5.74, 6) is 0. The van der Waals surface area contributed by atoms with Crippen LogP contribution in [0.1, 0.15) is 36.6 Å². The molecule has 5 heteroatoms. The summed E-state index contributed by atoms with van der Waals surface area (Å²) in [7, 11) is 0. The summed E-state index contributed by atoms with van der Waals surface area (Å²) in [6, 6.07) is 2.94. The zero-order valence-corrected chi connectivity index (χ0v) is 13.7. The second-order valence-corrected chi connectivity index (χ2v) is 7.51. The molecule has 0 saturated carbocycles. The van der Waals surface area contributed by atoms with Gasteiger partial charge in [0.15, 0.2) is 5.13 Å². The van der Waals surface area contributed by atoms with Gasteiger partial charge in [0.2, 0.25) is 0 Å². The first-order valence-corrected chi connectivity index (χ1v) is 8.91. The number of hydrogen-bond donors (Lipinski definition) is 1. The van der Waals surface area contributed by atoms with Gasteiger partial charge in [-0.1, -0.05) is 6.92 Å². The highest BCUT2D eigenvalue weighted by Crippen LogP contribution is 2.35. The molecule has 1 fully saturated rings. The van der Waals surface area contributed by atoms with Gasteiger partial charge < -0.3 is 5.73 Å². The lowest BCUT2D eigenvalue weighted by atomic mass is 10.1. The molecule has 3 rings (SSSR count). The first-order valence-electron chi connectivity index (χ1n) is 7.22. The number of likely N-dealkylation sites (tertiary alicyclic amines) is 1. The number of nitrogens with two attached hydrogens (primary N) is 1. The molecule has 0 bridgehead atoms. The van der Waals surface area contributed by atoms with Crippen LogP contribution in [0.2, 0.25) is 0 Å². The lowest BCUT2D eigenvalue weighted by molar-refractivity contribution is 0.242. The average Bonchev–Trinajstić information content (AvgIpc) is 3.10. The van der Waals surface area contributed by atoms with Gasteiger partial charge in [-0.3, -0.25) is 4.90 Å². The van der Waals surface area contributed by atoms with E-state index in [1.807, 2.05) is 0 Å². The summed E-state index contributed by atoms with van der Waals surface area (Å²) in [6.07, 6.45) is 3.89. The van der Waals surface area contributed by atoms with E-state index in [1.54, 1.807) is 22.7 Å². The third-order valence-electron chi connectivity index (χ3n) is 3.99. The van der Waals surface area contributed by atoms with E-state index >= 15 is 0 Å². The molecule has 0 radical (unpaired) electrons. The first kappa shape index (κ1) is 14.0. The lowest BCUT2D eigenvalue weighted by Crippen LogP contribution is -2.27. The van der Waals surface area contributed by atoms with E-state index in [0.29, 0.717) is 5.13 Å². The van der Waals surface area contributed by atoms with E-state index in [-0.39, 0.29) is 0 Å². The van der Waals surface area contributed by atoms with Gasteiger partial charge in [0, 0.05) is 17.5 Å². The normalized spacial score (nSPS) is 19.8. The number of thiophene rings is 1. The topological polar surface area (TPSA) is 42.1 Å². The minimum atomic E-state index is 0.688. The van der Waals surface area contributed by atoms with E-state index in [0.717, 1.165) is 18.3 Å². The molecule has 2 aromatic rings. The van der Waals surface area contributed by atoms with Gasteiger partial charge in [-0.15, -0.1) is 22.7 Å². The molecule has 2 aromatic heterocycles. The largest absolute Gasteiger partial charge is 0.375 e. The van der Waals surface area contributed by atoms with Crippen LogP contribution in [0.4, 0.5) is 5.13 Å². The monoisotopic (exact) mass is 307 g/mol. The van der Waals surface area contributed by atoms with Gasteiger partial charge in [0.05, 0.1) is 10.6 Å².